The van der Waals surface area contributed by atoms with Crippen LogP contribution in [0.25, 0.3) is 0 Å². The van der Waals surface area contributed by atoms with E-state index >= 15 is 0 Å². The normalized spacial score (nSPS) is 12.1. The number of methoxy groups -OCH3 is 1. The second-order valence-electron chi connectivity index (χ2n) is 6.73. The quantitative estimate of drug-likeness (QED) is 0.249. The van der Waals surface area contributed by atoms with Gasteiger partial charge in [-0.2, -0.15) is 11.8 Å². The third-order valence-corrected chi connectivity index (χ3v) is 5.93. The van der Waals surface area contributed by atoms with Crippen molar-refractivity contribution in [3.8, 4) is 0 Å². The minimum absolute atomic E-state index is 0.121. The lowest BCUT2D eigenvalue weighted by Crippen LogP contribution is -2.07. The lowest BCUT2D eigenvalue weighted by molar-refractivity contribution is -0.140. The van der Waals surface area contributed by atoms with Crippen LogP contribution in [-0.2, 0) is 9.53 Å². The summed E-state index contributed by atoms with van der Waals surface area (Å²) >= 11 is 1.89. The molecule has 0 saturated carbocycles. The zero-order valence-corrected chi connectivity index (χ0v) is 17.0. The van der Waals surface area contributed by atoms with Crippen LogP contribution in [0, 0.1) is 0 Å². The van der Waals surface area contributed by atoms with E-state index < -0.39 is 0 Å². The van der Waals surface area contributed by atoms with E-state index in [0.29, 0.717) is 6.42 Å². The number of hydrogen-bond donors (Lipinski definition) is 0. The van der Waals surface area contributed by atoms with Crippen LogP contribution in [0.2, 0.25) is 0 Å². The molecule has 0 heterocycles. The Bertz CT molecular complexity index is 433. The molecular weight excluding hydrogens is 328 g/mol. The Labute approximate surface area is 159 Å². The molecule has 0 aromatic heterocycles. The number of rotatable bonds is 15. The van der Waals surface area contributed by atoms with Crippen molar-refractivity contribution in [1.82, 2.24) is 0 Å². The summed E-state index contributed by atoms with van der Waals surface area (Å²) < 4.78 is 4.86. The number of hydrogen-bond acceptors (Lipinski definition) is 3. The van der Waals surface area contributed by atoms with E-state index in [1.165, 1.54) is 76.9 Å². The lowest BCUT2D eigenvalue weighted by Gasteiger charge is -2.16. The maximum absolute atomic E-state index is 11.7. The van der Waals surface area contributed by atoms with Gasteiger partial charge in [-0.15, -0.1) is 0 Å². The number of thioether (sulfide) groups is 1. The zero-order valence-electron chi connectivity index (χ0n) is 16.2. The second-order valence-corrected chi connectivity index (χ2v) is 8.04. The Balaban J connectivity index is 2.13. The van der Waals surface area contributed by atoms with Gasteiger partial charge in [0.15, 0.2) is 0 Å². The Morgan fingerprint density at radius 1 is 0.920 bits per heavy atom. The maximum Gasteiger partial charge on any atom is 0.306 e. The van der Waals surface area contributed by atoms with Gasteiger partial charge in [0.2, 0.25) is 0 Å². The van der Waals surface area contributed by atoms with Crippen LogP contribution >= 0.6 is 11.8 Å². The molecule has 0 spiro atoms. The van der Waals surface area contributed by atoms with Crippen molar-refractivity contribution in [1.29, 1.82) is 0 Å². The number of unbranched alkanes of at least 4 members (excludes halogenated alkanes) is 9. The van der Waals surface area contributed by atoms with Gasteiger partial charge >= 0.3 is 5.97 Å². The summed E-state index contributed by atoms with van der Waals surface area (Å²) in [5.74, 6) is 0.997. The van der Waals surface area contributed by atoms with Gasteiger partial charge in [0.1, 0.15) is 0 Å². The van der Waals surface area contributed by atoms with Crippen LogP contribution < -0.4 is 0 Å². The molecule has 1 rings (SSSR count). The smallest absolute Gasteiger partial charge is 0.306 e. The molecule has 25 heavy (non-hydrogen) atoms. The molecule has 1 atom stereocenters. The van der Waals surface area contributed by atoms with Gasteiger partial charge in [-0.1, -0.05) is 95.0 Å². The highest BCUT2D eigenvalue weighted by Gasteiger charge is 2.16. The molecule has 0 aliphatic carbocycles. The van der Waals surface area contributed by atoms with Crippen molar-refractivity contribution >= 4 is 17.7 Å². The van der Waals surface area contributed by atoms with Crippen molar-refractivity contribution in [2.75, 3.05) is 12.9 Å². The summed E-state index contributed by atoms with van der Waals surface area (Å²) in [6.07, 6.45) is 14.1. The van der Waals surface area contributed by atoms with E-state index in [9.17, 15) is 4.79 Å². The number of carbonyl (C=O) groups excluding carboxylic acids is 1. The maximum atomic E-state index is 11.7. The predicted molar refractivity (Wildman–Crippen MR) is 110 cm³/mol. The molecule has 2 nitrogen and oxygen atoms in total. The van der Waals surface area contributed by atoms with Crippen molar-refractivity contribution in [2.24, 2.45) is 0 Å². The molecule has 0 aliphatic rings. The molecule has 0 N–H and O–H groups in total. The number of ether oxygens (including phenoxy) is 1. The Morgan fingerprint density at radius 2 is 1.48 bits per heavy atom. The first-order valence-corrected chi connectivity index (χ1v) is 11.1. The van der Waals surface area contributed by atoms with Gasteiger partial charge in [-0.05, 0) is 17.7 Å². The van der Waals surface area contributed by atoms with Gasteiger partial charge < -0.3 is 4.74 Å². The summed E-state index contributed by atoms with van der Waals surface area (Å²) in [5, 5.41) is 0.215. The van der Waals surface area contributed by atoms with Crippen molar-refractivity contribution in [3.05, 3.63) is 35.9 Å². The Kier molecular flexibility index (Phi) is 13.5. The highest BCUT2D eigenvalue weighted by Crippen LogP contribution is 2.33. The van der Waals surface area contributed by atoms with E-state index in [4.69, 9.17) is 4.74 Å². The fraction of sp³-hybridized carbons (Fsp3) is 0.682. The van der Waals surface area contributed by atoms with E-state index in [1.54, 1.807) is 0 Å². The van der Waals surface area contributed by atoms with Gasteiger partial charge in [-0.25, -0.2) is 0 Å². The molecule has 1 aromatic carbocycles. The van der Waals surface area contributed by atoms with Crippen molar-refractivity contribution in [2.45, 2.75) is 82.8 Å². The Hall–Kier alpha value is -0.960. The molecule has 0 aliphatic heterocycles. The van der Waals surface area contributed by atoms with Gasteiger partial charge in [0, 0.05) is 5.25 Å². The Morgan fingerprint density at radius 3 is 2.04 bits per heavy atom. The molecule has 0 fully saturated rings. The molecular formula is C22H36O2S. The second kappa shape index (κ2) is 15.3. The van der Waals surface area contributed by atoms with E-state index in [0.717, 1.165) is 5.75 Å². The molecule has 1 aromatic rings. The third-order valence-electron chi connectivity index (χ3n) is 4.57. The molecule has 0 radical (unpaired) electrons. The molecule has 1 unspecified atom stereocenters. The largest absolute Gasteiger partial charge is 0.469 e. The zero-order chi connectivity index (χ0) is 18.2. The minimum Gasteiger partial charge on any atom is -0.469 e. The SMILES string of the molecule is CCCCCCCCCCCCSC(CC(=O)OC)c1ccccc1. The monoisotopic (exact) mass is 364 g/mol. The highest BCUT2D eigenvalue weighted by atomic mass is 32.2. The van der Waals surface area contributed by atoms with E-state index in [-0.39, 0.29) is 11.2 Å². The lowest BCUT2D eigenvalue weighted by atomic mass is 10.1. The number of esters is 1. The first-order valence-electron chi connectivity index (χ1n) is 10.0. The first kappa shape index (κ1) is 22.1. The van der Waals surface area contributed by atoms with Gasteiger partial charge in [0.25, 0.3) is 0 Å². The molecule has 0 saturated heterocycles. The molecule has 3 heteroatoms. The highest BCUT2D eigenvalue weighted by molar-refractivity contribution is 7.99. The van der Waals surface area contributed by atoms with Gasteiger partial charge in [-0.3, -0.25) is 4.79 Å². The van der Waals surface area contributed by atoms with Crippen molar-refractivity contribution < 1.29 is 9.53 Å². The standard InChI is InChI=1S/C22H36O2S/c1-3-4-5-6-7-8-9-10-11-15-18-25-21(19-22(23)24-2)20-16-13-12-14-17-20/h12-14,16-17,21H,3-11,15,18-19H2,1-2H3. The van der Waals surface area contributed by atoms with Crippen LogP contribution in [0.3, 0.4) is 0 Å². The summed E-state index contributed by atoms with van der Waals surface area (Å²) in [7, 11) is 1.47. The molecule has 0 bridgehead atoms. The average Bonchev–Trinajstić information content (AvgIpc) is 2.65. The summed E-state index contributed by atoms with van der Waals surface area (Å²) in [6, 6.07) is 10.3. The average molecular weight is 365 g/mol. The summed E-state index contributed by atoms with van der Waals surface area (Å²) in [4.78, 5) is 11.7. The van der Waals surface area contributed by atoms with Crippen LogP contribution in [0.1, 0.15) is 88.4 Å². The van der Waals surface area contributed by atoms with E-state index in [2.05, 4.69) is 19.1 Å². The topological polar surface area (TPSA) is 26.3 Å². The third kappa shape index (κ3) is 11.3. The fourth-order valence-electron chi connectivity index (χ4n) is 2.99. The minimum atomic E-state index is -0.121. The van der Waals surface area contributed by atoms with Crippen LogP contribution in [-0.4, -0.2) is 18.8 Å². The molecule has 0 amide bonds. The van der Waals surface area contributed by atoms with Gasteiger partial charge in [0.05, 0.1) is 13.5 Å². The number of benzene rings is 1. The first-order chi connectivity index (χ1) is 12.3. The van der Waals surface area contributed by atoms with E-state index in [1.807, 2.05) is 30.0 Å². The molecule has 142 valence electrons. The number of carbonyl (C=O) groups is 1. The van der Waals surface area contributed by atoms with Crippen LogP contribution in [0.15, 0.2) is 30.3 Å². The van der Waals surface area contributed by atoms with Crippen molar-refractivity contribution in [3.63, 3.8) is 0 Å². The summed E-state index contributed by atoms with van der Waals surface area (Å²) in [5.41, 5.74) is 1.23. The predicted octanol–water partition coefficient (Wildman–Crippen LogP) is 6.94. The fourth-order valence-corrected chi connectivity index (χ4v) is 4.25. The van der Waals surface area contributed by atoms with Crippen LogP contribution in [0.4, 0.5) is 0 Å². The van der Waals surface area contributed by atoms with Crippen LogP contribution in [0.5, 0.6) is 0 Å². The summed E-state index contributed by atoms with van der Waals surface area (Å²) in [6.45, 7) is 2.27.